The average Bonchev–Trinajstić information content (AvgIpc) is 2.40. The Labute approximate surface area is 111 Å². The van der Waals surface area contributed by atoms with E-state index in [1.165, 1.54) is 51.6 Å². The molecule has 0 amide bonds. The summed E-state index contributed by atoms with van der Waals surface area (Å²) in [6.07, 6.45) is 9.91. The predicted octanol–water partition coefficient (Wildman–Crippen LogP) is 2.17. The van der Waals surface area contributed by atoms with Crippen LogP contribution in [0, 0.1) is 5.92 Å². The monoisotopic (exact) mass is 252 g/mol. The van der Waals surface area contributed by atoms with Gasteiger partial charge in [-0.1, -0.05) is 18.9 Å². The van der Waals surface area contributed by atoms with Crippen molar-refractivity contribution in [1.29, 1.82) is 0 Å². The first-order valence-electron chi connectivity index (χ1n) is 7.50. The van der Waals surface area contributed by atoms with Crippen molar-refractivity contribution in [2.24, 2.45) is 11.7 Å². The first-order valence-corrected chi connectivity index (χ1v) is 7.50. The molecule has 0 spiro atoms. The number of ether oxygens (including phenoxy) is 1. The Bertz CT molecular complexity index is 257. The number of nitrogens with zero attached hydrogens (tertiary/aromatic N) is 1. The molecule has 0 aromatic heterocycles. The van der Waals surface area contributed by atoms with E-state index in [1.54, 1.807) is 0 Å². The van der Waals surface area contributed by atoms with E-state index in [0.717, 1.165) is 6.54 Å². The van der Waals surface area contributed by atoms with Crippen molar-refractivity contribution in [3.63, 3.8) is 0 Å². The van der Waals surface area contributed by atoms with E-state index in [9.17, 15) is 0 Å². The third-order valence-corrected chi connectivity index (χ3v) is 4.37. The number of rotatable bonds is 5. The first kappa shape index (κ1) is 14.0. The van der Waals surface area contributed by atoms with Crippen molar-refractivity contribution in [3.05, 3.63) is 12.7 Å². The van der Waals surface area contributed by atoms with Gasteiger partial charge in [-0.15, -0.1) is 6.58 Å². The third kappa shape index (κ3) is 4.08. The van der Waals surface area contributed by atoms with Gasteiger partial charge in [0.05, 0.1) is 12.7 Å². The van der Waals surface area contributed by atoms with Gasteiger partial charge in [0, 0.05) is 19.1 Å². The molecule has 1 aliphatic carbocycles. The minimum Gasteiger partial charge on any atom is -0.373 e. The van der Waals surface area contributed by atoms with Crippen LogP contribution in [0.5, 0.6) is 0 Å². The lowest BCUT2D eigenvalue weighted by Gasteiger charge is -2.37. The Morgan fingerprint density at radius 3 is 2.83 bits per heavy atom. The summed E-state index contributed by atoms with van der Waals surface area (Å²) in [5.74, 6) is 0.705. The molecule has 104 valence electrons. The van der Waals surface area contributed by atoms with Crippen LogP contribution in [0.3, 0.4) is 0 Å². The second-order valence-electron chi connectivity index (χ2n) is 5.85. The molecule has 2 rings (SSSR count). The second kappa shape index (κ2) is 7.27. The topological polar surface area (TPSA) is 38.5 Å². The highest BCUT2D eigenvalue weighted by Crippen LogP contribution is 2.25. The largest absolute Gasteiger partial charge is 0.373 e. The van der Waals surface area contributed by atoms with Gasteiger partial charge < -0.3 is 15.4 Å². The summed E-state index contributed by atoms with van der Waals surface area (Å²) in [7, 11) is 0. The fraction of sp³-hybridized carbons (Fsp3) is 0.867. The predicted molar refractivity (Wildman–Crippen MR) is 75.5 cm³/mol. The molecule has 0 bridgehead atoms. The molecule has 1 aliphatic heterocycles. The van der Waals surface area contributed by atoms with Crippen molar-refractivity contribution >= 4 is 0 Å². The average molecular weight is 252 g/mol. The molecule has 18 heavy (non-hydrogen) atoms. The normalized spacial score (nSPS) is 34.4. The van der Waals surface area contributed by atoms with Gasteiger partial charge in [-0.25, -0.2) is 0 Å². The van der Waals surface area contributed by atoms with Crippen molar-refractivity contribution in [1.82, 2.24) is 4.90 Å². The molecule has 3 nitrogen and oxygen atoms in total. The van der Waals surface area contributed by atoms with Crippen LogP contribution < -0.4 is 5.73 Å². The molecule has 0 aromatic carbocycles. The molecule has 0 aromatic rings. The minimum absolute atomic E-state index is 0.400. The molecule has 3 heteroatoms. The zero-order valence-electron chi connectivity index (χ0n) is 11.5. The number of piperidine rings is 1. The van der Waals surface area contributed by atoms with Crippen molar-refractivity contribution in [2.75, 3.05) is 26.2 Å². The van der Waals surface area contributed by atoms with E-state index in [4.69, 9.17) is 10.5 Å². The molecule has 0 radical (unpaired) electrons. The maximum atomic E-state index is 6.24. The summed E-state index contributed by atoms with van der Waals surface area (Å²) < 4.78 is 5.79. The standard InChI is InChI=1S/C15H28N2O/c1-2-10-18-14-7-5-9-17(12-14)11-13-6-3-4-8-15(13)16/h2,13-15H,1,3-12,16H2/t13-,14?,15?/m0/s1. The molecule has 2 N–H and O–H groups in total. The lowest BCUT2D eigenvalue weighted by Crippen LogP contribution is -2.46. The van der Waals surface area contributed by atoms with Crippen LogP contribution in [0.1, 0.15) is 38.5 Å². The van der Waals surface area contributed by atoms with Crippen molar-refractivity contribution in [3.8, 4) is 0 Å². The molecule has 1 saturated carbocycles. The Hall–Kier alpha value is -0.380. The lowest BCUT2D eigenvalue weighted by atomic mass is 9.84. The summed E-state index contributed by atoms with van der Waals surface area (Å²) in [4.78, 5) is 2.56. The highest BCUT2D eigenvalue weighted by atomic mass is 16.5. The lowest BCUT2D eigenvalue weighted by molar-refractivity contribution is 0.00609. The summed E-state index contributed by atoms with van der Waals surface area (Å²) >= 11 is 0. The van der Waals surface area contributed by atoms with E-state index >= 15 is 0 Å². The quantitative estimate of drug-likeness (QED) is 0.762. The molecule has 3 atom stereocenters. The summed E-state index contributed by atoms with van der Waals surface area (Å²) in [6.45, 7) is 7.87. The van der Waals surface area contributed by atoms with Crippen LogP contribution in [-0.4, -0.2) is 43.3 Å². The Balaban J connectivity index is 1.76. The fourth-order valence-corrected chi connectivity index (χ4v) is 3.31. The Morgan fingerprint density at radius 2 is 2.06 bits per heavy atom. The van der Waals surface area contributed by atoms with Crippen LogP contribution in [0.2, 0.25) is 0 Å². The summed E-state index contributed by atoms with van der Waals surface area (Å²) in [5.41, 5.74) is 6.24. The molecule has 2 fully saturated rings. The van der Waals surface area contributed by atoms with Crippen LogP contribution in [-0.2, 0) is 4.74 Å². The van der Waals surface area contributed by atoms with Gasteiger partial charge in [0.2, 0.25) is 0 Å². The van der Waals surface area contributed by atoms with Gasteiger partial charge in [0.25, 0.3) is 0 Å². The van der Waals surface area contributed by atoms with Gasteiger partial charge in [-0.05, 0) is 38.1 Å². The highest BCUT2D eigenvalue weighted by molar-refractivity contribution is 4.83. The smallest absolute Gasteiger partial charge is 0.0706 e. The zero-order valence-corrected chi connectivity index (χ0v) is 11.5. The zero-order chi connectivity index (χ0) is 12.8. The van der Waals surface area contributed by atoms with Gasteiger partial charge in [0.1, 0.15) is 0 Å². The van der Waals surface area contributed by atoms with Crippen LogP contribution in [0.15, 0.2) is 12.7 Å². The number of hydrogen-bond donors (Lipinski definition) is 1. The maximum Gasteiger partial charge on any atom is 0.0706 e. The minimum atomic E-state index is 0.400. The molecule has 1 saturated heterocycles. The van der Waals surface area contributed by atoms with Crippen LogP contribution >= 0.6 is 0 Å². The van der Waals surface area contributed by atoms with Crippen LogP contribution in [0.4, 0.5) is 0 Å². The maximum absolute atomic E-state index is 6.24. The van der Waals surface area contributed by atoms with E-state index in [0.29, 0.717) is 24.7 Å². The van der Waals surface area contributed by atoms with Crippen molar-refractivity contribution in [2.45, 2.75) is 50.7 Å². The molecule has 2 aliphatic rings. The number of likely N-dealkylation sites (tertiary alicyclic amines) is 1. The van der Waals surface area contributed by atoms with E-state index in [2.05, 4.69) is 11.5 Å². The molecule has 2 unspecified atom stereocenters. The van der Waals surface area contributed by atoms with E-state index < -0.39 is 0 Å². The SMILES string of the molecule is C=CCOC1CCCN(C[C@@H]2CCCCC2N)C1. The number of nitrogens with two attached hydrogens (primary N) is 1. The van der Waals surface area contributed by atoms with Crippen LogP contribution in [0.25, 0.3) is 0 Å². The van der Waals surface area contributed by atoms with Gasteiger partial charge in [-0.2, -0.15) is 0 Å². The molecular weight excluding hydrogens is 224 g/mol. The van der Waals surface area contributed by atoms with Crippen molar-refractivity contribution < 1.29 is 4.74 Å². The summed E-state index contributed by atoms with van der Waals surface area (Å²) in [5, 5.41) is 0. The van der Waals surface area contributed by atoms with E-state index in [-0.39, 0.29) is 0 Å². The Morgan fingerprint density at radius 1 is 1.22 bits per heavy atom. The Kier molecular flexibility index (Phi) is 5.67. The highest BCUT2D eigenvalue weighted by Gasteiger charge is 2.27. The van der Waals surface area contributed by atoms with Gasteiger partial charge in [-0.3, -0.25) is 0 Å². The second-order valence-corrected chi connectivity index (χ2v) is 5.85. The van der Waals surface area contributed by atoms with Gasteiger partial charge in [0.15, 0.2) is 0 Å². The fourth-order valence-electron chi connectivity index (χ4n) is 3.31. The summed E-state index contributed by atoms with van der Waals surface area (Å²) in [6, 6.07) is 0.424. The third-order valence-electron chi connectivity index (χ3n) is 4.37. The first-order chi connectivity index (χ1) is 8.79. The number of hydrogen-bond acceptors (Lipinski definition) is 3. The molecule has 1 heterocycles. The van der Waals surface area contributed by atoms with E-state index in [1.807, 2.05) is 6.08 Å². The van der Waals surface area contributed by atoms with Gasteiger partial charge >= 0.3 is 0 Å². The molecular formula is C15H28N2O.